The van der Waals surface area contributed by atoms with Crippen LogP contribution in [0.5, 0.6) is 0 Å². The van der Waals surface area contributed by atoms with Gasteiger partial charge in [0.05, 0.1) is 13.0 Å². The van der Waals surface area contributed by atoms with Crippen LogP contribution in [0.25, 0.3) is 0 Å². The minimum absolute atomic E-state index is 0.112. The van der Waals surface area contributed by atoms with Gasteiger partial charge in [0.25, 0.3) is 0 Å². The maximum absolute atomic E-state index is 10.9. The molecular formula is C9H11NO2. The van der Waals surface area contributed by atoms with Gasteiger partial charge in [-0.1, -0.05) is 18.2 Å². The molecule has 3 heteroatoms. The van der Waals surface area contributed by atoms with E-state index in [-0.39, 0.29) is 18.9 Å². The molecule has 0 unspecified atom stereocenters. The normalized spacial score (nSPS) is 9.42. The van der Waals surface area contributed by atoms with E-state index >= 15 is 0 Å². The second-order valence-corrected chi connectivity index (χ2v) is 2.39. The van der Waals surface area contributed by atoms with Gasteiger partial charge in [0.15, 0.2) is 0 Å². The quantitative estimate of drug-likeness (QED) is 0.702. The Labute approximate surface area is 71.0 Å². The lowest BCUT2D eigenvalue weighted by Crippen LogP contribution is -2.12. The molecule has 0 spiro atoms. The third-order valence-electron chi connectivity index (χ3n) is 1.40. The van der Waals surface area contributed by atoms with E-state index in [0.29, 0.717) is 0 Å². The molecule has 0 radical (unpaired) electrons. The van der Waals surface area contributed by atoms with Crippen LogP contribution in [0.2, 0.25) is 0 Å². The average molecular weight is 165 g/mol. The van der Waals surface area contributed by atoms with Crippen molar-refractivity contribution >= 4 is 11.6 Å². The van der Waals surface area contributed by atoms with Gasteiger partial charge in [0.2, 0.25) is 5.91 Å². The van der Waals surface area contributed by atoms with Gasteiger partial charge in [0.1, 0.15) is 0 Å². The molecule has 0 bridgehead atoms. The number of hydrogen-bond donors (Lipinski definition) is 2. The van der Waals surface area contributed by atoms with Crippen LogP contribution >= 0.6 is 0 Å². The maximum Gasteiger partial charge on any atom is 0.226 e. The van der Waals surface area contributed by atoms with Crippen LogP contribution in [0.3, 0.4) is 0 Å². The Hall–Kier alpha value is -1.35. The van der Waals surface area contributed by atoms with E-state index < -0.39 is 0 Å². The highest BCUT2D eigenvalue weighted by atomic mass is 16.3. The Balaban J connectivity index is 2.47. The molecule has 0 aliphatic carbocycles. The summed E-state index contributed by atoms with van der Waals surface area (Å²) in [7, 11) is 0. The molecule has 1 aromatic carbocycles. The van der Waals surface area contributed by atoms with Gasteiger partial charge in [-0.15, -0.1) is 0 Å². The van der Waals surface area contributed by atoms with Gasteiger partial charge in [-0.05, 0) is 12.1 Å². The fourth-order valence-electron chi connectivity index (χ4n) is 0.847. The Morgan fingerprint density at radius 1 is 1.33 bits per heavy atom. The molecule has 64 valence electrons. The van der Waals surface area contributed by atoms with Gasteiger partial charge >= 0.3 is 0 Å². The van der Waals surface area contributed by atoms with E-state index in [4.69, 9.17) is 5.11 Å². The molecule has 0 aliphatic heterocycles. The lowest BCUT2D eigenvalue weighted by Gasteiger charge is -2.02. The Bertz CT molecular complexity index is 246. The lowest BCUT2D eigenvalue weighted by molar-refractivity contribution is -0.116. The predicted octanol–water partition coefficient (Wildman–Crippen LogP) is 1.01. The summed E-state index contributed by atoms with van der Waals surface area (Å²) in [6, 6.07) is 9.16. The smallest absolute Gasteiger partial charge is 0.226 e. The van der Waals surface area contributed by atoms with Crippen LogP contribution < -0.4 is 5.32 Å². The zero-order valence-corrected chi connectivity index (χ0v) is 6.66. The molecule has 1 amide bonds. The minimum Gasteiger partial charge on any atom is -0.396 e. The first kappa shape index (κ1) is 8.74. The van der Waals surface area contributed by atoms with Crippen molar-refractivity contribution in [2.24, 2.45) is 0 Å². The molecular weight excluding hydrogens is 154 g/mol. The van der Waals surface area contributed by atoms with Crippen molar-refractivity contribution in [3.63, 3.8) is 0 Å². The molecule has 0 atom stereocenters. The SMILES string of the molecule is O=C(CCO)Nc1ccccc1. The van der Waals surface area contributed by atoms with Gasteiger partial charge in [-0.25, -0.2) is 0 Å². The van der Waals surface area contributed by atoms with Crippen LogP contribution in [-0.4, -0.2) is 17.6 Å². The third kappa shape index (κ3) is 2.72. The first-order valence-corrected chi connectivity index (χ1v) is 3.78. The summed E-state index contributed by atoms with van der Waals surface area (Å²) in [5.41, 5.74) is 0.760. The van der Waals surface area contributed by atoms with Crippen LogP contribution in [-0.2, 0) is 4.79 Å². The van der Waals surface area contributed by atoms with Crippen LogP contribution in [0.15, 0.2) is 30.3 Å². The van der Waals surface area contributed by atoms with Gasteiger partial charge in [-0.3, -0.25) is 4.79 Å². The summed E-state index contributed by atoms with van der Waals surface area (Å²) >= 11 is 0. The number of amides is 1. The summed E-state index contributed by atoms with van der Waals surface area (Å²) in [5, 5.41) is 11.1. The number of benzene rings is 1. The van der Waals surface area contributed by atoms with E-state index in [9.17, 15) is 4.79 Å². The molecule has 3 nitrogen and oxygen atoms in total. The molecule has 2 N–H and O–H groups in total. The molecule has 0 fully saturated rings. The maximum atomic E-state index is 10.9. The molecule has 0 heterocycles. The largest absolute Gasteiger partial charge is 0.396 e. The second kappa shape index (κ2) is 4.51. The zero-order chi connectivity index (χ0) is 8.81. The van der Waals surface area contributed by atoms with E-state index in [2.05, 4.69) is 5.32 Å². The summed E-state index contributed by atoms with van der Waals surface area (Å²) in [6.45, 7) is -0.112. The number of rotatable bonds is 3. The van der Waals surface area contributed by atoms with E-state index in [1.54, 1.807) is 12.1 Å². The molecule has 12 heavy (non-hydrogen) atoms. The molecule has 0 aliphatic rings. The summed E-state index contributed by atoms with van der Waals surface area (Å²) in [4.78, 5) is 10.9. The van der Waals surface area contributed by atoms with Crippen molar-refractivity contribution in [1.29, 1.82) is 0 Å². The van der Waals surface area contributed by atoms with E-state index in [0.717, 1.165) is 5.69 Å². The number of aliphatic hydroxyl groups is 1. The summed E-state index contributed by atoms with van der Waals surface area (Å²) in [6.07, 6.45) is 0.148. The molecule has 1 aromatic rings. The zero-order valence-electron chi connectivity index (χ0n) is 6.66. The topological polar surface area (TPSA) is 49.3 Å². The highest BCUT2D eigenvalue weighted by Gasteiger charge is 1.98. The summed E-state index contributed by atoms with van der Waals surface area (Å²) < 4.78 is 0. The van der Waals surface area contributed by atoms with Crippen LogP contribution in [0.4, 0.5) is 5.69 Å². The van der Waals surface area contributed by atoms with Crippen molar-refractivity contribution in [2.75, 3.05) is 11.9 Å². The Morgan fingerprint density at radius 3 is 2.58 bits per heavy atom. The first-order chi connectivity index (χ1) is 5.83. The van der Waals surface area contributed by atoms with Crippen molar-refractivity contribution in [2.45, 2.75) is 6.42 Å². The van der Waals surface area contributed by atoms with E-state index in [1.165, 1.54) is 0 Å². The van der Waals surface area contributed by atoms with Crippen molar-refractivity contribution in [3.05, 3.63) is 30.3 Å². The highest BCUT2D eigenvalue weighted by Crippen LogP contribution is 2.04. The van der Waals surface area contributed by atoms with Crippen LogP contribution in [0, 0.1) is 0 Å². The molecule has 0 aromatic heterocycles. The molecule has 1 rings (SSSR count). The number of hydrogen-bond acceptors (Lipinski definition) is 2. The van der Waals surface area contributed by atoms with Crippen LogP contribution in [0.1, 0.15) is 6.42 Å². The van der Waals surface area contributed by atoms with Crippen molar-refractivity contribution in [1.82, 2.24) is 0 Å². The highest BCUT2D eigenvalue weighted by molar-refractivity contribution is 5.90. The first-order valence-electron chi connectivity index (χ1n) is 3.78. The van der Waals surface area contributed by atoms with Gasteiger partial charge in [-0.2, -0.15) is 0 Å². The number of para-hydroxylation sites is 1. The second-order valence-electron chi connectivity index (χ2n) is 2.39. The number of carbonyl (C=O) groups excluding carboxylic acids is 1. The molecule has 0 saturated heterocycles. The number of nitrogens with one attached hydrogen (secondary N) is 1. The average Bonchev–Trinajstić information content (AvgIpc) is 2.06. The monoisotopic (exact) mass is 165 g/mol. The lowest BCUT2D eigenvalue weighted by atomic mass is 10.3. The van der Waals surface area contributed by atoms with Gasteiger partial charge < -0.3 is 10.4 Å². The Kier molecular flexibility index (Phi) is 3.29. The standard InChI is InChI=1S/C9H11NO2/c11-7-6-9(12)10-8-4-2-1-3-5-8/h1-5,11H,6-7H2,(H,10,12). The van der Waals surface area contributed by atoms with Crippen molar-refractivity contribution in [3.8, 4) is 0 Å². The predicted molar refractivity (Wildman–Crippen MR) is 46.8 cm³/mol. The fourth-order valence-corrected chi connectivity index (χ4v) is 0.847. The third-order valence-corrected chi connectivity index (χ3v) is 1.40. The number of aliphatic hydroxyl groups excluding tert-OH is 1. The van der Waals surface area contributed by atoms with Crippen molar-refractivity contribution < 1.29 is 9.90 Å². The Morgan fingerprint density at radius 2 is 2.00 bits per heavy atom. The number of anilines is 1. The molecule has 0 saturated carbocycles. The number of carbonyl (C=O) groups is 1. The van der Waals surface area contributed by atoms with Gasteiger partial charge in [0, 0.05) is 5.69 Å². The van der Waals surface area contributed by atoms with E-state index in [1.807, 2.05) is 18.2 Å². The fraction of sp³-hybridized carbons (Fsp3) is 0.222. The summed E-state index contributed by atoms with van der Waals surface area (Å²) in [5.74, 6) is -0.163. The minimum atomic E-state index is -0.163.